The molecule has 1 aromatic carbocycles. The predicted octanol–water partition coefficient (Wildman–Crippen LogP) is 3.08. The topological polar surface area (TPSA) is 113 Å². The molecule has 0 saturated heterocycles. The standard InChI is InChI=1S/C17H20ClN3OS.C2H2O4/c1-21-10-2-5-14(12-21)16-17(20-23-19-16)22-11-3-4-13-6-8-15(18)9-7-13;3-1(4)2(5)6/h5-9H,2-4,10-12H2,1H3;(H,3,4)(H,5,6). The molecule has 1 aliphatic heterocycles. The number of carboxylic acids is 2. The summed E-state index contributed by atoms with van der Waals surface area (Å²) in [6, 6.07) is 7.96. The van der Waals surface area contributed by atoms with Crippen molar-refractivity contribution >= 4 is 40.8 Å². The SMILES string of the molecule is CN1CCC=C(c2nsnc2OCCCc2ccc(Cl)cc2)C1.O=C(O)C(=O)O. The molecule has 1 aromatic heterocycles. The maximum absolute atomic E-state index is 9.10. The maximum atomic E-state index is 9.10. The molecule has 0 bridgehead atoms. The molecule has 0 aliphatic carbocycles. The summed E-state index contributed by atoms with van der Waals surface area (Å²) in [7, 11) is 2.12. The molecule has 0 amide bonds. The van der Waals surface area contributed by atoms with Gasteiger partial charge in [0.15, 0.2) is 0 Å². The zero-order valence-electron chi connectivity index (χ0n) is 15.9. The lowest BCUT2D eigenvalue weighted by Crippen LogP contribution is -2.25. The number of aryl methyl sites for hydroxylation is 1. The van der Waals surface area contributed by atoms with Gasteiger partial charge in [-0.05, 0) is 49.6 Å². The summed E-state index contributed by atoms with van der Waals surface area (Å²) in [4.78, 5) is 20.5. The smallest absolute Gasteiger partial charge is 0.414 e. The summed E-state index contributed by atoms with van der Waals surface area (Å²) in [6.45, 7) is 2.65. The highest BCUT2D eigenvalue weighted by Crippen LogP contribution is 2.27. The molecule has 0 unspecified atom stereocenters. The Morgan fingerprint density at radius 1 is 1.21 bits per heavy atom. The van der Waals surface area contributed by atoms with Crippen LogP contribution in [0.25, 0.3) is 5.57 Å². The van der Waals surface area contributed by atoms with E-state index in [1.165, 1.54) is 22.9 Å². The molecule has 0 fully saturated rings. The van der Waals surface area contributed by atoms with E-state index < -0.39 is 11.9 Å². The van der Waals surface area contributed by atoms with Crippen molar-refractivity contribution in [1.29, 1.82) is 0 Å². The second-order valence-corrected chi connectivity index (χ2v) is 7.33. The van der Waals surface area contributed by atoms with E-state index in [2.05, 4.69) is 38.9 Å². The maximum Gasteiger partial charge on any atom is 0.414 e. The Bertz CT molecular complexity index is 842. The van der Waals surface area contributed by atoms with Crippen LogP contribution in [0.3, 0.4) is 0 Å². The number of halogens is 1. The summed E-state index contributed by atoms with van der Waals surface area (Å²) in [5.41, 5.74) is 3.40. The van der Waals surface area contributed by atoms with Crippen LogP contribution in [0.5, 0.6) is 5.88 Å². The van der Waals surface area contributed by atoms with Crippen LogP contribution >= 0.6 is 23.3 Å². The molecule has 29 heavy (non-hydrogen) atoms. The van der Waals surface area contributed by atoms with Gasteiger partial charge in [-0.1, -0.05) is 29.8 Å². The van der Waals surface area contributed by atoms with Crippen LogP contribution in [-0.2, 0) is 16.0 Å². The van der Waals surface area contributed by atoms with E-state index in [1.54, 1.807) is 0 Å². The highest BCUT2D eigenvalue weighted by molar-refractivity contribution is 6.99. The molecular weight excluding hydrogens is 418 g/mol. The van der Waals surface area contributed by atoms with E-state index in [-0.39, 0.29) is 0 Å². The Morgan fingerprint density at radius 3 is 2.52 bits per heavy atom. The highest BCUT2D eigenvalue weighted by Gasteiger charge is 2.18. The molecule has 0 spiro atoms. The highest BCUT2D eigenvalue weighted by atomic mass is 35.5. The normalized spacial score (nSPS) is 13.8. The van der Waals surface area contributed by atoms with Gasteiger partial charge in [-0.2, -0.15) is 4.37 Å². The van der Waals surface area contributed by atoms with Crippen molar-refractivity contribution in [2.24, 2.45) is 0 Å². The number of carbonyl (C=O) groups is 2. The molecule has 2 N–H and O–H groups in total. The Balaban J connectivity index is 0.000000438. The minimum Gasteiger partial charge on any atom is -0.475 e. The van der Waals surface area contributed by atoms with E-state index >= 15 is 0 Å². The van der Waals surface area contributed by atoms with E-state index in [9.17, 15) is 0 Å². The summed E-state index contributed by atoms with van der Waals surface area (Å²) < 4.78 is 14.6. The van der Waals surface area contributed by atoms with Crippen LogP contribution in [0.4, 0.5) is 0 Å². The van der Waals surface area contributed by atoms with Crippen LogP contribution in [0.2, 0.25) is 5.02 Å². The van der Waals surface area contributed by atoms with Gasteiger partial charge in [-0.15, -0.1) is 4.37 Å². The molecule has 0 atom stereocenters. The minimum absolute atomic E-state index is 0.643. The van der Waals surface area contributed by atoms with Gasteiger partial charge in [0.05, 0.1) is 18.3 Å². The van der Waals surface area contributed by atoms with E-state index in [0.717, 1.165) is 43.1 Å². The first-order valence-electron chi connectivity index (χ1n) is 8.90. The molecule has 3 rings (SSSR count). The van der Waals surface area contributed by atoms with Crippen LogP contribution in [0.15, 0.2) is 30.3 Å². The van der Waals surface area contributed by atoms with Gasteiger partial charge < -0.3 is 19.8 Å². The second-order valence-electron chi connectivity index (χ2n) is 6.36. The number of aromatic nitrogens is 2. The first-order chi connectivity index (χ1) is 13.9. The van der Waals surface area contributed by atoms with Crippen molar-refractivity contribution in [3.63, 3.8) is 0 Å². The third-order valence-electron chi connectivity index (χ3n) is 4.05. The number of carboxylic acid groups (broad SMARTS) is 2. The number of ether oxygens (including phenoxy) is 1. The Labute approximate surface area is 177 Å². The van der Waals surface area contributed by atoms with Crippen molar-refractivity contribution in [3.8, 4) is 5.88 Å². The molecule has 10 heteroatoms. The minimum atomic E-state index is -1.82. The van der Waals surface area contributed by atoms with Gasteiger partial charge in [0.1, 0.15) is 5.69 Å². The first kappa shape index (κ1) is 22.8. The lowest BCUT2D eigenvalue weighted by atomic mass is 10.1. The first-order valence-corrected chi connectivity index (χ1v) is 10.0. The van der Waals surface area contributed by atoms with E-state index in [1.807, 2.05) is 12.1 Å². The van der Waals surface area contributed by atoms with Gasteiger partial charge in [-0.25, -0.2) is 9.59 Å². The van der Waals surface area contributed by atoms with Crippen LogP contribution in [0, 0.1) is 0 Å². The quantitative estimate of drug-likeness (QED) is 0.521. The number of nitrogens with zero attached hydrogens (tertiary/aromatic N) is 3. The summed E-state index contributed by atoms with van der Waals surface area (Å²) >= 11 is 7.11. The van der Waals surface area contributed by atoms with Crippen LogP contribution < -0.4 is 4.74 Å². The fourth-order valence-corrected chi connectivity index (χ4v) is 3.29. The molecule has 2 heterocycles. The second kappa shape index (κ2) is 11.5. The molecule has 8 nitrogen and oxygen atoms in total. The van der Waals surface area contributed by atoms with Crippen LogP contribution in [-0.4, -0.2) is 62.5 Å². The number of aliphatic carboxylic acids is 2. The van der Waals surface area contributed by atoms with Crippen molar-refractivity contribution in [1.82, 2.24) is 13.6 Å². The van der Waals surface area contributed by atoms with Gasteiger partial charge in [0, 0.05) is 18.1 Å². The van der Waals surface area contributed by atoms with Crippen molar-refractivity contribution in [3.05, 3.63) is 46.6 Å². The van der Waals surface area contributed by atoms with Gasteiger partial charge in [-0.3, -0.25) is 0 Å². The average molecular weight is 440 g/mol. The molecule has 1 aliphatic rings. The lowest BCUT2D eigenvalue weighted by molar-refractivity contribution is -0.159. The fraction of sp³-hybridized carbons (Fsp3) is 0.368. The number of hydrogen-bond donors (Lipinski definition) is 2. The zero-order chi connectivity index (χ0) is 21.2. The van der Waals surface area contributed by atoms with Gasteiger partial charge in [0.2, 0.25) is 0 Å². The molecule has 156 valence electrons. The summed E-state index contributed by atoms with van der Waals surface area (Å²) in [5.74, 6) is -2.97. The van der Waals surface area contributed by atoms with Crippen LogP contribution in [0.1, 0.15) is 24.1 Å². The predicted molar refractivity (Wildman–Crippen MR) is 111 cm³/mol. The lowest BCUT2D eigenvalue weighted by Gasteiger charge is -2.22. The third-order valence-corrected chi connectivity index (χ3v) is 4.81. The van der Waals surface area contributed by atoms with Crippen molar-refractivity contribution in [2.75, 3.05) is 26.7 Å². The zero-order valence-corrected chi connectivity index (χ0v) is 17.4. The number of hydrogen-bond acceptors (Lipinski definition) is 7. The Hall–Kier alpha value is -2.49. The number of likely N-dealkylation sites (N-methyl/N-ethyl adjacent to an activating group) is 1. The largest absolute Gasteiger partial charge is 0.475 e. The number of benzene rings is 1. The van der Waals surface area contributed by atoms with E-state index in [4.69, 9.17) is 36.1 Å². The average Bonchev–Trinajstić information content (AvgIpc) is 3.15. The van der Waals surface area contributed by atoms with E-state index in [0.29, 0.717) is 12.5 Å². The summed E-state index contributed by atoms with van der Waals surface area (Å²) in [6.07, 6.45) is 5.21. The molecule has 0 radical (unpaired) electrons. The molecular formula is C19H22ClN3O5S. The van der Waals surface area contributed by atoms with Crippen molar-refractivity contribution < 1.29 is 24.5 Å². The van der Waals surface area contributed by atoms with Gasteiger partial charge >= 0.3 is 11.9 Å². The summed E-state index contributed by atoms with van der Waals surface area (Å²) in [5, 5.41) is 15.6. The molecule has 0 saturated carbocycles. The molecule has 2 aromatic rings. The Morgan fingerprint density at radius 2 is 1.90 bits per heavy atom. The van der Waals surface area contributed by atoms with Crippen molar-refractivity contribution in [2.45, 2.75) is 19.3 Å². The monoisotopic (exact) mass is 439 g/mol. The third kappa shape index (κ3) is 7.80. The number of rotatable bonds is 6. The Kier molecular flexibility index (Phi) is 9.04. The van der Waals surface area contributed by atoms with Gasteiger partial charge in [0.25, 0.3) is 5.88 Å². The fourth-order valence-electron chi connectivity index (χ4n) is 2.63.